The maximum atomic E-state index is 10.1. The third kappa shape index (κ3) is 4.04. The zero-order valence-corrected chi connectivity index (χ0v) is 11.3. The SMILES string of the molecule is CCC(O)(CC)CNCC(C)N(C)C1CC1. The Morgan fingerprint density at radius 3 is 2.38 bits per heavy atom. The van der Waals surface area contributed by atoms with Crippen molar-refractivity contribution in [2.45, 2.75) is 64.1 Å². The van der Waals surface area contributed by atoms with Crippen LogP contribution in [-0.4, -0.2) is 47.8 Å². The van der Waals surface area contributed by atoms with Crippen LogP contribution in [0.15, 0.2) is 0 Å². The Bertz CT molecular complexity index is 200. The summed E-state index contributed by atoms with van der Waals surface area (Å²) in [6.45, 7) is 8.02. The zero-order valence-electron chi connectivity index (χ0n) is 11.3. The quantitative estimate of drug-likeness (QED) is 0.662. The molecule has 3 nitrogen and oxygen atoms in total. The molecule has 0 bridgehead atoms. The molecule has 0 radical (unpaired) electrons. The molecule has 96 valence electrons. The number of nitrogens with zero attached hydrogens (tertiary/aromatic N) is 1. The summed E-state index contributed by atoms with van der Waals surface area (Å²) in [6, 6.07) is 1.37. The summed E-state index contributed by atoms with van der Waals surface area (Å²) in [5.74, 6) is 0. The molecule has 0 aliphatic heterocycles. The molecule has 1 fully saturated rings. The second-order valence-corrected chi connectivity index (χ2v) is 5.31. The molecule has 3 heteroatoms. The molecule has 0 heterocycles. The van der Waals surface area contributed by atoms with E-state index in [9.17, 15) is 5.11 Å². The first-order valence-corrected chi connectivity index (χ1v) is 6.67. The molecule has 1 aliphatic carbocycles. The van der Waals surface area contributed by atoms with Gasteiger partial charge in [0, 0.05) is 25.2 Å². The second kappa shape index (κ2) is 5.99. The standard InChI is InChI=1S/C13H28N2O/c1-5-13(16,6-2)10-14-9-11(3)15(4)12-7-8-12/h11-12,14,16H,5-10H2,1-4H3. The third-order valence-corrected chi connectivity index (χ3v) is 4.03. The lowest BCUT2D eigenvalue weighted by Crippen LogP contribution is -2.45. The van der Waals surface area contributed by atoms with Crippen molar-refractivity contribution in [3.63, 3.8) is 0 Å². The predicted octanol–water partition coefficient (Wildman–Crippen LogP) is 1.61. The number of aliphatic hydroxyl groups is 1. The maximum absolute atomic E-state index is 10.1. The fraction of sp³-hybridized carbons (Fsp3) is 1.00. The van der Waals surface area contributed by atoms with Crippen molar-refractivity contribution in [3.8, 4) is 0 Å². The van der Waals surface area contributed by atoms with Crippen LogP contribution < -0.4 is 5.32 Å². The largest absolute Gasteiger partial charge is 0.389 e. The molecule has 0 aromatic heterocycles. The molecule has 0 spiro atoms. The molecule has 1 atom stereocenters. The molecule has 0 amide bonds. The van der Waals surface area contributed by atoms with Crippen molar-refractivity contribution in [3.05, 3.63) is 0 Å². The summed E-state index contributed by atoms with van der Waals surface area (Å²) in [5.41, 5.74) is -0.516. The van der Waals surface area contributed by atoms with Crippen molar-refractivity contribution >= 4 is 0 Å². The van der Waals surface area contributed by atoms with Gasteiger partial charge in [-0.15, -0.1) is 0 Å². The summed E-state index contributed by atoms with van der Waals surface area (Å²) in [4.78, 5) is 2.45. The lowest BCUT2D eigenvalue weighted by molar-refractivity contribution is 0.0312. The molecule has 0 aromatic carbocycles. The van der Waals surface area contributed by atoms with Crippen LogP contribution in [-0.2, 0) is 0 Å². The molecule has 1 rings (SSSR count). The highest BCUT2D eigenvalue weighted by Gasteiger charge is 2.29. The van der Waals surface area contributed by atoms with E-state index in [1.807, 2.05) is 13.8 Å². The summed E-state index contributed by atoms with van der Waals surface area (Å²) in [5, 5.41) is 13.5. The van der Waals surface area contributed by atoms with E-state index < -0.39 is 5.60 Å². The zero-order chi connectivity index (χ0) is 12.2. The van der Waals surface area contributed by atoms with E-state index in [1.54, 1.807) is 0 Å². The lowest BCUT2D eigenvalue weighted by Gasteiger charge is -2.29. The number of rotatable bonds is 8. The van der Waals surface area contributed by atoms with Gasteiger partial charge in [-0.3, -0.25) is 4.90 Å². The van der Waals surface area contributed by atoms with Gasteiger partial charge in [-0.25, -0.2) is 0 Å². The van der Waals surface area contributed by atoms with Gasteiger partial charge in [-0.1, -0.05) is 13.8 Å². The van der Waals surface area contributed by atoms with Gasteiger partial charge in [0.2, 0.25) is 0 Å². The second-order valence-electron chi connectivity index (χ2n) is 5.31. The Kier molecular flexibility index (Phi) is 5.22. The van der Waals surface area contributed by atoms with Gasteiger partial charge >= 0.3 is 0 Å². The monoisotopic (exact) mass is 228 g/mol. The number of hydrogen-bond donors (Lipinski definition) is 2. The van der Waals surface area contributed by atoms with E-state index in [0.29, 0.717) is 12.6 Å². The van der Waals surface area contributed by atoms with Gasteiger partial charge in [0.15, 0.2) is 0 Å². The van der Waals surface area contributed by atoms with E-state index in [4.69, 9.17) is 0 Å². The minimum atomic E-state index is -0.516. The third-order valence-electron chi connectivity index (χ3n) is 4.03. The molecule has 1 unspecified atom stereocenters. The molecule has 16 heavy (non-hydrogen) atoms. The van der Waals surface area contributed by atoms with Crippen molar-refractivity contribution < 1.29 is 5.11 Å². The topological polar surface area (TPSA) is 35.5 Å². The number of hydrogen-bond acceptors (Lipinski definition) is 3. The molecule has 0 saturated heterocycles. The van der Waals surface area contributed by atoms with Gasteiger partial charge in [0.1, 0.15) is 0 Å². The van der Waals surface area contributed by atoms with Crippen LogP contribution in [0.4, 0.5) is 0 Å². The Labute approximate surface area is 100 Å². The highest BCUT2D eigenvalue weighted by molar-refractivity contribution is 4.86. The van der Waals surface area contributed by atoms with Gasteiger partial charge in [-0.05, 0) is 39.7 Å². The molecule has 2 N–H and O–H groups in total. The van der Waals surface area contributed by atoms with E-state index in [-0.39, 0.29) is 0 Å². The molecule has 0 aromatic rings. The van der Waals surface area contributed by atoms with Crippen LogP contribution in [0.1, 0.15) is 46.5 Å². The Balaban J connectivity index is 2.18. The number of nitrogens with one attached hydrogen (secondary N) is 1. The fourth-order valence-corrected chi connectivity index (χ4v) is 2.00. The average Bonchev–Trinajstić information content (AvgIpc) is 3.11. The van der Waals surface area contributed by atoms with Crippen molar-refractivity contribution in [2.24, 2.45) is 0 Å². The van der Waals surface area contributed by atoms with Gasteiger partial charge in [0.25, 0.3) is 0 Å². The van der Waals surface area contributed by atoms with E-state index in [1.165, 1.54) is 12.8 Å². The molecule has 1 saturated carbocycles. The highest BCUT2D eigenvalue weighted by Crippen LogP contribution is 2.26. The van der Waals surface area contributed by atoms with Crippen LogP contribution in [0.25, 0.3) is 0 Å². The minimum Gasteiger partial charge on any atom is -0.389 e. The van der Waals surface area contributed by atoms with E-state index in [0.717, 1.165) is 25.4 Å². The molecular weight excluding hydrogens is 200 g/mol. The summed E-state index contributed by atoms with van der Waals surface area (Å²) >= 11 is 0. The number of likely N-dealkylation sites (N-methyl/N-ethyl adjacent to an activating group) is 1. The van der Waals surface area contributed by atoms with Gasteiger partial charge in [0.05, 0.1) is 5.60 Å². The van der Waals surface area contributed by atoms with E-state index >= 15 is 0 Å². The smallest absolute Gasteiger partial charge is 0.0766 e. The average molecular weight is 228 g/mol. The van der Waals surface area contributed by atoms with Crippen molar-refractivity contribution in [1.82, 2.24) is 10.2 Å². The lowest BCUT2D eigenvalue weighted by atomic mass is 9.97. The maximum Gasteiger partial charge on any atom is 0.0766 e. The summed E-state index contributed by atoms with van der Waals surface area (Å²) in [7, 11) is 2.20. The normalized spacial score (nSPS) is 19.1. The Morgan fingerprint density at radius 1 is 1.38 bits per heavy atom. The fourth-order valence-electron chi connectivity index (χ4n) is 2.00. The van der Waals surface area contributed by atoms with Crippen LogP contribution in [0.5, 0.6) is 0 Å². The predicted molar refractivity (Wildman–Crippen MR) is 68.6 cm³/mol. The first kappa shape index (κ1) is 13.9. The van der Waals surface area contributed by atoms with Crippen LogP contribution >= 0.6 is 0 Å². The molecular formula is C13H28N2O. The van der Waals surface area contributed by atoms with Crippen LogP contribution in [0.2, 0.25) is 0 Å². The molecule has 1 aliphatic rings. The van der Waals surface area contributed by atoms with Crippen LogP contribution in [0, 0.1) is 0 Å². The van der Waals surface area contributed by atoms with Crippen LogP contribution in [0.3, 0.4) is 0 Å². The van der Waals surface area contributed by atoms with Crippen molar-refractivity contribution in [1.29, 1.82) is 0 Å². The Hall–Kier alpha value is -0.120. The van der Waals surface area contributed by atoms with Gasteiger partial charge in [-0.2, -0.15) is 0 Å². The Morgan fingerprint density at radius 2 is 1.94 bits per heavy atom. The summed E-state index contributed by atoms with van der Waals surface area (Å²) < 4.78 is 0. The minimum absolute atomic E-state index is 0.516. The highest BCUT2D eigenvalue weighted by atomic mass is 16.3. The van der Waals surface area contributed by atoms with Gasteiger partial charge < -0.3 is 10.4 Å². The summed E-state index contributed by atoms with van der Waals surface area (Å²) in [6.07, 6.45) is 4.36. The first-order valence-electron chi connectivity index (χ1n) is 6.67. The van der Waals surface area contributed by atoms with Crippen molar-refractivity contribution in [2.75, 3.05) is 20.1 Å². The van der Waals surface area contributed by atoms with E-state index in [2.05, 4.69) is 24.2 Å². The first-order chi connectivity index (χ1) is 7.52.